The summed E-state index contributed by atoms with van der Waals surface area (Å²) in [6.45, 7) is 2.38. The normalized spacial score (nSPS) is 11.1. The molecule has 0 aliphatic carbocycles. The van der Waals surface area contributed by atoms with Crippen molar-refractivity contribution in [1.29, 1.82) is 0 Å². The molecule has 3 N–H and O–H groups in total. The monoisotopic (exact) mass is 231 g/mol. The van der Waals surface area contributed by atoms with Crippen LogP contribution in [0.25, 0.3) is 11.0 Å². The number of aromatic amines is 1. The maximum Gasteiger partial charge on any atom is 0.328 e. The van der Waals surface area contributed by atoms with E-state index < -0.39 is 5.97 Å². The molecule has 88 valence electrons. The summed E-state index contributed by atoms with van der Waals surface area (Å²) < 4.78 is 0. The molecule has 0 aliphatic heterocycles. The minimum Gasteiger partial charge on any atom is -0.478 e. The van der Waals surface area contributed by atoms with Gasteiger partial charge in [-0.25, -0.2) is 9.78 Å². The van der Waals surface area contributed by atoms with Gasteiger partial charge in [0, 0.05) is 18.3 Å². The van der Waals surface area contributed by atoms with Gasteiger partial charge in [0.1, 0.15) is 5.82 Å². The molecule has 5 heteroatoms. The Labute approximate surface area is 98.2 Å². The van der Waals surface area contributed by atoms with Crippen molar-refractivity contribution in [3.05, 3.63) is 36.2 Å². The van der Waals surface area contributed by atoms with Gasteiger partial charge in [-0.15, -0.1) is 0 Å². The van der Waals surface area contributed by atoms with Crippen molar-refractivity contribution in [3.8, 4) is 0 Å². The first-order valence-corrected chi connectivity index (χ1v) is 5.25. The summed E-state index contributed by atoms with van der Waals surface area (Å²) in [6.07, 6.45) is 2.68. The molecule has 0 atom stereocenters. The molecule has 0 amide bonds. The Kier molecular flexibility index (Phi) is 3.09. The molecule has 1 aromatic heterocycles. The molecule has 0 spiro atoms. The number of carboxylic acids is 1. The summed E-state index contributed by atoms with van der Waals surface area (Å²) in [4.78, 5) is 17.7. The van der Waals surface area contributed by atoms with Gasteiger partial charge in [-0.05, 0) is 25.1 Å². The first kappa shape index (κ1) is 11.2. The summed E-state index contributed by atoms with van der Waals surface area (Å²) in [5.41, 5.74) is 2.82. The van der Waals surface area contributed by atoms with E-state index in [2.05, 4.69) is 15.3 Å². The minimum absolute atomic E-state index is 0.477. The molecule has 0 saturated carbocycles. The molecule has 0 aliphatic rings. The van der Waals surface area contributed by atoms with E-state index >= 15 is 0 Å². The molecule has 1 aromatic carbocycles. The van der Waals surface area contributed by atoms with Gasteiger partial charge in [-0.2, -0.15) is 0 Å². The van der Waals surface area contributed by atoms with Crippen molar-refractivity contribution in [3.63, 3.8) is 0 Å². The maximum absolute atomic E-state index is 10.3. The van der Waals surface area contributed by atoms with E-state index in [-0.39, 0.29) is 0 Å². The summed E-state index contributed by atoms with van der Waals surface area (Å²) in [5, 5.41) is 11.5. The number of H-pyrrole nitrogens is 1. The van der Waals surface area contributed by atoms with Crippen LogP contribution in [0.15, 0.2) is 30.4 Å². The molecular formula is C12H13N3O2. The Bertz CT molecular complexity index is 572. The van der Waals surface area contributed by atoms with Gasteiger partial charge < -0.3 is 15.4 Å². The van der Waals surface area contributed by atoms with Crippen molar-refractivity contribution in [2.24, 2.45) is 0 Å². The van der Waals surface area contributed by atoms with E-state index in [9.17, 15) is 4.79 Å². The van der Waals surface area contributed by atoms with Crippen LogP contribution in [-0.4, -0.2) is 27.6 Å². The fraction of sp³-hybridized carbons (Fsp3) is 0.167. The number of carbonyl (C=O) groups is 1. The second kappa shape index (κ2) is 4.69. The third-order valence-electron chi connectivity index (χ3n) is 2.28. The predicted octanol–water partition coefficient (Wildman–Crippen LogP) is 1.92. The zero-order valence-electron chi connectivity index (χ0n) is 9.40. The van der Waals surface area contributed by atoms with Crippen molar-refractivity contribution >= 4 is 22.7 Å². The van der Waals surface area contributed by atoms with Crippen LogP contribution < -0.4 is 5.32 Å². The molecule has 0 saturated heterocycles. The minimum atomic E-state index is -0.938. The number of nitrogens with one attached hydrogen (secondary N) is 2. The third kappa shape index (κ3) is 2.84. The standard InChI is InChI=1S/C12H13N3O2/c1-8-14-10-5-4-9(7-11(10)15-8)13-6-2-3-12(16)17/h2-5,7,13H,6H2,1H3,(H,14,15)(H,16,17)/b3-2+. The number of aliphatic carboxylic acids is 1. The second-order valence-corrected chi connectivity index (χ2v) is 3.68. The average molecular weight is 231 g/mol. The lowest BCUT2D eigenvalue weighted by Crippen LogP contribution is -1.99. The highest BCUT2D eigenvalue weighted by molar-refractivity contribution is 5.80. The number of hydrogen-bond donors (Lipinski definition) is 3. The second-order valence-electron chi connectivity index (χ2n) is 3.68. The number of benzene rings is 1. The van der Waals surface area contributed by atoms with Gasteiger partial charge in [-0.3, -0.25) is 0 Å². The van der Waals surface area contributed by atoms with Crippen LogP contribution in [0.2, 0.25) is 0 Å². The van der Waals surface area contributed by atoms with Crippen LogP contribution in [0.4, 0.5) is 5.69 Å². The highest BCUT2D eigenvalue weighted by atomic mass is 16.4. The van der Waals surface area contributed by atoms with Gasteiger partial charge in [0.05, 0.1) is 11.0 Å². The number of hydrogen-bond acceptors (Lipinski definition) is 3. The van der Waals surface area contributed by atoms with Crippen molar-refractivity contribution in [2.75, 3.05) is 11.9 Å². The maximum atomic E-state index is 10.3. The van der Waals surface area contributed by atoms with Gasteiger partial charge in [-0.1, -0.05) is 6.08 Å². The summed E-state index contributed by atoms with van der Waals surface area (Å²) in [7, 11) is 0. The number of aryl methyl sites for hydroxylation is 1. The summed E-state index contributed by atoms with van der Waals surface area (Å²) in [5.74, 6) is -0.0608. The number of fused-ring (bicyclic) bond motifs is 1. The van der Waals surface area contributed by atoms with Crippen molar-refractivity contribution < 1.29 is 9.90 Å². The molecule has 17 heavy (non-hydrogen) atoms. The molecule has 0 unspecified atom stereocenters. The Morgan fingerprint density at radius 1 is 1.59 bits per heavy atom. The molecule has 5 nitrogen and oxygen atoms in total. The van der Waals surface area contributed by atoms with Crippen molar-refractivity contribution in [1.82, 2.24) is 9.97 Å². The Morgan fingerprint density at radius 3 is 3.18 bits per heavy atom. The number of imidazole rings is 1. The fourth-order valence-corrected chi connectivity index (χ4v) is 1.58. The fourth-order valence-electron chi connectivity index (χ4n) is 1.58. The first-order valence-electron chi connectivity index (χ1n) is 5.25. The van der Waals surface area contributed by atoms with Crippen LogP contribution in [0.5, 0.6) is 0 Å². The summed E-state index contributed by atoms with van der Waals surface area (Å²) in [6, 6.07) is 5.78. The van der Waals surface area contributed by atoms with Gasteiger partial charge >= 0.3 is 5.97 Å². The molecule has 2 rings (SSSR count). The third-order valence-corrected chi connectivity index (χ3v) is 2.28. The average Bonchev–Trinajstić information content (AvgIpc) is 2.63. The lowest BCUT2D eigenvalue weighted by Gasteiger charge is -2.02. The smallest absolute Gasteiger partial charge is 0.328 e. The Hall–Kier alpha value is -2.30. The largest absolute Gasteiger partial charge is 0.478 e. The van der Waals surface area contributed by atoms with Crippen LogP contribution in [0.3, 0.4) is 0 Å². The molecule has 0 bridgehead atoms. The van der Waals surface area contributed by atoms with Crippen LogP contribution in [0.1, 0.15) is 5.82 Å². The Morgan fingerprint density at radius 2 is 2.41 bits per heavy atom. The summed E-state index contributed by atoms with van der Waals surface area (Å²) >= 11 is 0. The number of rotatable bonds is 4. The molecule has 0 fully saturated rings. The number of nitrogens with zero attached hydrogens (tertiary/aromatic N) is 1. The lowest BCUT2D eigenvalue weighted by atomic mass is 10.3. The molecule has 2 aromatic rings. The van der Waals surface area contributed by atoms with Crippen LogP contribution >= 0.6 is 0 Å². The zero-order valence-corrected chi connectivity index (χ0v) is 9.40. The van der Waals surface area contributed by atoms with Gasteiger partial charge in [0.2, 0.25) is 0 Å². The van der Waals surface area contributed by atoms with E-state index in [4.69, 9.17) is 5.11 Å². The Balaban J connectivity index is 2.06. The van der Waals surface area contributed by atoms with Crippen LogP contribution in [0, 0.1) is 6.92 Å². The SMILES string of the molecule is Cc1nc2ccc(NC/C=C/C(=O)O)cc2[nH]1. The van der Waals surface area contributed by atoms with E-state index in [1.54, 1.807) is 6.08 Å². The molecular weight excluding hydrogens is 218 g/mol. The van der Waals surface area contributed by atoms with E-state index in [0.717, 1.165) is 28.6 Å². The highest BCUT2D eigenvalue weighted by Crippen LogP contribution is 2.16. The highest BCUT2D eigenvalue weighted by Gasteiger charge is 1.99. The lowest BCUT2D eigenvalue weighted by molar-refractivity contribution is -0.131. The quantitative estimate of drug-likeness (QED) is 0.702. The van der Waals surface area contributed by atoms with E-state index in [1.165, 1.54) is 0 Å². The topological polar surface area (TPSA) is 78.0 Å². The van der Waals surface area contributed by atoms with Gasteiger partial charge in [0.25, 0.3) is 0 Å². The number of aromatic nitrogens is 2. The van der Waals surface area contributed by atoms with Gasteiger partial charge in [0.15, 0.2) is 0 Å². The van der Waals surface area contributed by atoms with E-state index in [0.29, 0.717) is 6.54 Å². The molecule has 0 radical (unpaired) electrons. The van der Waals surface area contributed by atoms with E-state index in [1.807, 2.05) is 25.1 Å². The van der Waals surface area contributed by atoms with Crippen molar-refractivity contribution in [2.45, 2.75) is 6.92 Å². The number of anilines is 1. The number of carboxylic acid groups (broad SMARTS) is 1. The zero-order chi connectivity index (χ0) is 12.3. The molecule has 1 heterocycles. The predicted molar refractivity (Wildman–Crippen MR) is 66.1 cm³/mol. The van der Waals surface area contributed by atoms with Crippen LogP contribution in [-0.2, 0) is 4.79 Å². The first-order chi connectivity index (χ1) is 8.15.